The lowest BCUT2D eigenvalue weighted by Gasteiger charge is -2.29. The largest absolute Gasteiger partial charge is 0.480 e. The molecule has 1 rings (SSSR count). The number of nitrogens with zero attached hydrogens (tertiary/aromatic N) is 2. The lowest BCUT2D eigenvalue weighted by Crippen LogP contribution is -2.46. The van der Waals surface area contributed by atoms with Crippen LogP contribution in [0.3, 0.4) is 0 Å². The van der Waals surface area contributed by atoms with Crippen LogP contribution < -0.4 is 4.90 Å². The normalized spacial score (nSPS) is 10.2. The van der Waals surface area contributed by atoms with E-state index in [0.717, 1.165) is 4.90 Å². The summed E-state index contributed by atoms with van der Waals surface area (Å²) in [7, 11) is 1.47. The fraction of sp³-hybridized carbons (Fsp3) is 0.429. The maximum Gasteiger partial charge on any atom is 0.325 e. The summed E-state index contributed by atoms with van der Waals surface area (Å²) in [6.07, 6.45) is 0. The summed E-state index contributed by atoms with van der Waals surface area (Å²) in [5, 5.41) is 8.89. The van der Waals surface area contributed by atoms with Crippen molar-refractivity contribution in [1.82, 2.24) is 4.90 Å². The second-order valence-corrected chi connectivity index (χ2v) is 4.31. The molecule has 0 atom stereocenters. The molecule has 0 unspecified atom stereocenters. The van der Waals surface area contributed by atoms with Crippen LogP contribution in [0.15, 0.2) is 24.3 Å². The van der Waals surface area contributed by atoms with E-state index in [1.807, 2.05) is 0 Å². The molecule has 0 heterocycles. The molecule has 0 spiro atoms. The smallest absolute Gasteiger partial charge is 0.325 e. The standard InChI is InChI=1S/C14H19FN2O4/c1-3-17(12-6-4-5-11(15)9-12)14(20)16(7-8-21-2)10-13(18)19/h4-6,9H,3,7-8,10H2,1-2H3,(H,18,19). The minimum atomic E-state index is -1.12. The van der Waals surface area contributed by atoms with Gasteiger partial charge in [0.15, 0.2) is 0 Å². The molecule has 0 fully saturated rings. The first kappa shape index (κ1) is 16.9. The molecule has 7 heteroatoms. The van der Waals surface area contributed by atoms with Crippen LogP contribution >= 0.6 is 0 Å². The van der Waals surface area contributed by atoms with Crippen molar-refractivity contribution in [2.24, 2.45) is 0 Å². The molecule has 1 aromatic carbocycles. The number of amides is 2. The van der Waals surface area contributed by atoms with E-state index in [2.05, 4.69) is 0 Å². The maximum atomic E-state index is 13.3. The molecule has 0 bridgehead atoms. The number of carbonyl (C=O) groups excluding carboxylic acids is 1. The van der Waals surface area contributed by atoms with E-state index in [9.17, 15) is 14.0 Å². The summed E-state index contributed by atoms with van der Waals surface area (Å²) in [4.78, 5) is 25.8. The zero-order valence-electron chi connectivity index (χ0n) is 12.1. The topological polar surface area (TPSA) is 70.1 Å². The molecule has 0 aromatic heterocycles. The van der Waals surface area contributed by atoms with Crippen LogP contribution in [0.25, 0.3) is 0 Å². The Hall–Kier alpha value is -2.15. The molecule has 0 radical (unpaired) electrons. The Morgan fingerprint density at radius 1 is 1.38 bits per heavy atom. The van der Waals surface area contributed by atoms with Gasteiger partial charge in [-0.3, -0.25) is 9.69 Å². The summed E-state index contributed by atoms with van der Waals surface area (Å²) in [6.45, 7) is 1.96. The molecule has 6 nitrogen and oxygen atoms in total. The number of hydrogen-bond acceptors (Lipinski definition) is 3. The maximum absolute atomic E-state index is 13.3. The Bertz CT molecular complexity index is 496. The molecule has 0 saturated carbocycles. The Morgan fingerprint density at radius 2 is 2.10 bits per heavy atom. The number of carboxylic acid groups (broad SMARTS) is 1. The molecule has 21 heavy (non-hydrogen) atoms. The van der Waals surface area contributed by atoms with Crippen molar-refractivity contribution < 1.29 is 23.8 Å². The van der Waals surface area contributed by atoms with Crippen molar-refractivity contribution in [1.29, 1.82) is 0 Å². The first-order chi connectivity index (χ1) is 9.99. The van der Waals surface area contributed by atoms with Crippen molar-refractivity contribution in [3.63, 3.8) is 0 Å². The number of hydrogen-bond donors (Lipinski definition) is 1. The van der Waals surface area contributed by atoms with Gasteiger partial charge in [0.2, 0.25) is 0 Å². The van der Waals surface area contributed by atoms with Gasteiger partial charge in [-0.1, -0.05) is 6.07 Å². The van der Waals surface area contributed by atoms with E-state index in [4.69, 9.17) is 9.84 Å². The SMILES string of the molecule is CCN(C(=O)N(CCOC)CC(=O)O)c1cccc(F)c1. The molecule has 2 amide bonds. The number of urea groups is 1. The third-order valence-electron chi connectivity index (χ3n) is 2.83. The van der Waals surface area contributed by atoms with Crippen molar-refractivity contribution in [3.05, 3.63) is 30.1 Å². The Labute approximate surface area is 122 Å². The number of anilines is 1. The van der Waals surface area contributed by atoms with Crippen molar-refractivity contribution in [2.45, 2.75) is 6.92 Å². The third kappa shape index (κ3) is 5.03. The van der Waals surface area contributed by atoms with Gasteiger partial charge in [0.1, 0.15) is 12.4 Å². The number of methoxy groups -OCH3 is 1. The van der Waals surface area contributed by atoms with E-state index >= 15 is 0 Å². The second kappa shape index (κ2) is 8.21. The van der Waals surface area contributed by atoms with Gasteiger partial charge in [-0.2, -0.15) is 0 Å². The second-order valence-electron chi connectivity index (χ2n) is 4.31. The molecule has 1 N–H and O–H groups in total. The summed E-state index contributed by atoms with van der Waals surface area (Å²) >= 11 is 0. The molecule has 0 saturated heterocycles. The molecule has 0 aliphatic carbocycles. The fourth-order valence-corrected chi connectivity index (χ4v) is 1.85. The van der Waals surface area contributed by atoms with Gasteiger partial charge in [0.25, 0.3) is 0 Å². The van der Waals surface area contributed by atoms with Crippen LogP contribution in [-0.4, -0.2) is 55.4 Å². The third-order valence-corrected chi connectivity index (χ3v) is 2.83. The first-order valence-corrected chi connectivity index (χ1v) is 6.52. The van der Waals surface area contributed by atoms with Gasteiger partial charge in [-0.05, 0) is 25.1 Å². The lowest BCUT2D eigenvalue weighted by molar-refractivity contribution is -0.137. The fourth-order valence-electron chi connectivity index (χ4n) is 1.85. The molecule has 0 aliphatic rings. The molecule has 116 valence electrons. The predicted octanol–water partition coefficient (Wildman–Crippen LogP) is 1.80. The monoisotopic (exact) mass is 298 g/mol. The summed E-state index contributed by atoms with van der Waals surface area (Å²) in [6, 6.07) is 5.11. The molecular formula is C14H19FN2O4. The number of carbonyl (C=O) groups is 2. The highest BCUT2D eigenvalue weighted by molar-refractivity contribution is 5.93. The minimum absolute atomic E-state index is 0.146. The van der Waals surface area contributed by atoms with Gasteiger partial charge in [-0.25, -0.2) is 9.18 Å². The Morgan fingerprint density at radius 3 is 2.62 bits per heavy atom. The average Bonchev–Trinajstić information content (AvgIpc) is 2.43. The van der Waals surface area contributed by atoms with Crippen LogP contribution in [0.1, 0.15) is 6.92 Å². The summed E-state index contributed by atoms with van der Waals surface area (Å²) in [5.41, 5.74) is 0.385. The highest BCUT2D eigenvalue weighted by Gasteiger charge is 2.23. The first-order valence-electron chi connectivity index (χ1n) is 6.52. The van der Waals surface area contributed by atoms with Crippen LogP contribution in [0.2, 0.25) is 0 Å². The zero-order chi connectivity index (χ0) is 15.8. The summed E-state index contributed by atoms with van der Waals surface area (Å²) in [5.74, 6) is -1.57. The van der Waals surface area contributed by atoms with Crippen LogP contribution in [0.5, 0.6) is 0 Å². The number of aliphatic carboxylic acids is 1. The Kier molecular flexibility index (Phi) is 6.61. The average molecular weight is 298 g/mol. The van der Waals surface area contributed by atoms with E-state index in [1.54, 1.807) is 13.0 Å². The van der Waals surface area contributed by atoms with Crippen LogP contribution in [0, 0.1) is 5.82 Å². The Balaban J connectivity index is 2.94. The highest BCUT2D eigenvalue weighted by atomic mass is 19.1. The molecule has 0 aliphatic heterocycles. The van der Waals surface area contributed by atoms with Crippen molar-refractivity contribution >= 4 is 17.7 Å². The zero-order valence-corrected chi connectivity index (χ0v) is 12.1. The van der Waals surface area contributed by atoms with Crippen molar-refractivity contribution in [2.75, 3.05) is 38.3 Å². The lowest BCUT2D eigenvalue weighted by atomic mass is 10.3. The highest BCUT2D eigenvalue weighted by Crippen LogP contribution is 2.17. The van der Waals surface area contributed by atoms with E-state index in [1.165, 1.54) is 30.2 Å². The molecular weight excluding hydrogens is 279 g/mol. The van der Waals surface area contributed by atoms with Gasteiger partial charge in [0.05, 0.1) is 6.61 Å². The molecule has 1 aromatic rings. The quantitative estimate of drug-likeness (QED) is 0.833. The van der Waals surface area contributed by atoms with E-state index in [0.29, 0.717) is 12.2 Å². The van der Waals surface area contributed by atoms with Gasteiger partial charge < -0.3 is 14.7 Å². The number of benzene rings is 1. The van der Waals surface area contributed by atoms with Gasteiger partial charge in [-0.15, -0.1) is 0 Å². The number of carboxylic acids is 1. The van der Waals surface area contributed by atoms with Gasteiger partial charge >= 0.3 is 12.0 Å². The summed E-state index contributed by atoms with van der Waals surface area (Å²) < 4.78 is 18.2. The van der Waals surface area contributed by atoms with Crippen LogP contribution in [-0.2, 0) is 9.53 Å². The number of rotatable bonds is 7. The van der Waals surface area contributed by atoms with E-state index in [-0.39, 0.29) is 13.2 Å². The van der Waals surface area contributed by atoms with Gasteiger partial charge in [0, 0.05) is 25.9 Å². The van der Waals surface area contributed by atoms with Crippen molar-refractivity contribution in [3.8, 4) is 0 Å². The predicted molar refractivity (Wildman–Crippen MR) is 75.9 cm³/mol. The van der Waals surface area contributed by atoms with E-state index < -0.39 is 24.4 Å². The number of halogens is 1. The minimum Gasteiger partial charge on any atom is -0.480 e. The number of ether oxygens (including phenoxy) is 1. The van der Waals surface area contributed by atoms with Crippen LogP contribution in [0.4, 0.5) is 14.9 Å².